The maximum absolute atomic E-state index is 15.2. The average molecular weight is 449 g/mol. The molecule has 33 heavy (non-hydrogen) atoms. The van der Waals surface area contributed by atoms with Gasteiger partial charge in [-0.1, -0.05) is 87.9 Å². The third kappa shape index (κ3) is 6.49. The SMILES string of the molecule is C/C=C/CCc1ccc2c(F)c(CCC3CCC(C4CCC(CCC)CC4)CC3)ccc2c1. The van der Waals surface area contributed by atoms with Crippen molar-refractivity contribution >= 4 is 10.8 Å². The summed E-state index contributed by atoms with van der Waals surface area (Å²) >= 11 is 0. The van der Waals surface area contributed by atoms with E-state index in [-0.39, 0.29) is 5.82 Å². The summed E-state index contributed by atoms with van der Waals surface area (Å²) in [4.78, 5) is 0. The van der Waals surface area contributed by atoms with Gasteiger partial charge in [0.2, 0.25) is 0 Å². The van der Waals surface area contributed by atoms with Crippen molar-refractivity contribution in [3.63, 3.8) is 0 Å². The Morgan fingerprint density at radius 3 is 2.12 bits per heavy atom. The van der Waals surface area contributed by atoms with Crippen LogP contribution < -0.4 is 0 Å². The largest absolute Gasteiger partial charge is 0.206 e. The van der Waals surface area contributed by atoms with Gasteiger partial charge in [-0.15, -0.1) is 0 Å². The Balaban J connectivity index is 1.26. The molecule has 0 nitrogen and oxygen atoms in total. The minimum absolute atomic E-state index is 0.0185. The number of hydrogen-bond acceptors (Lipinski definition) is 0. The number of aryl methyl sites for hydroxylation is 2. The topological polar surface area (TPSA) is 0 Å². The summed E-state index contributed by atoms with van der Waals surface area (Å²) < 4.78 is 15.2. The molecular formula is C32H45F. The maximum Gasteiger partial charge on any atom is 0.134 e. The molecule has 0 spiro atoms. The summed E-state index contributed by atoms with van der Waals surface area (Å²) in [6, 6.07) is 10.5. The van der Waals surface area contributed by atoms with Crippen LogP contribution in [0.4, 0.5) is 4.39 Å². The highest BCUT2D eigenvalue weighted by atomic mass is 19.1. The fourth-order valence-corrected chi connectivity index (χ4v) is 6.82. The van der Waals surface area contributed by atoms with Crippen molar-refractivity contribution in [2.24, 2.45) is 23.7 Å². The molecule has 1 heteroatoms. The van der Waals surface area contributed by atoms with E-state index in [0.29, 0.717) is 0 Å². The molecular weight excluding hydrogens is 403 g/mol. The number of hydrogen-bond donors (Lipinski definition) is 0. The molecule has 0 N–H and O–H groups in total. The van der Waals surface area contributed by atoms with Crippen molar-refractivity contribution in [1.29, 1.82) is 0 Å². The minimum atomic E-state index is 0.0185. The van der Waals surface area contributed by atoms with Gasteiger partial charge in [0.15, 0.2) is 0 Å². The van der Waals surface area contributed by atoms with E-state index in [1.807, 2.05) is 12.1 Å². The van der Waals surface area contributed by atoms with Crippen LogP contribution in [0.1, 0.15) is 102 Å². The standard InChI is InChI=1S/C32H45F/c1-3-5-6-8-26-14-22-31-30(23-26)21-20-29(32(31)33)19-13-25-11-17-28(18-12-25)27-15-9-24(7-4-2)10-16-27/h3,5,14,20-25,27-28H,4,6-13,15-19H2,1-2H3/b5-3+. The Kier molecular flexibility index (Phi) is 9.04. The van der Waals surface area contributed by atoms with Gasteiger partial charge in [-0.3, -0.25) is 0 Å². The first-order valence-corrected chi connectivity index (χ1v) is 14.0. The zero-order valence-corrected chi connectivity index (χ0v) is 21.1. The molecule has 0 aromatic heterocycles. The molecule has 2 aliphatic rings. The van der Waals surface area contributed by atoms with E-state index in [1.165, 1.54) is 69.8 Å². The lowest BCUT2D eigenvalue weighted by atomic mass is 9.68. The second-order valence-electron chi connectivity index (χ2n) is 11.1. The monoisotopic (exact) mass is 448 g/mol. The molecule has 0 bridgehead atoms. The highest BCUT2D eigenvalue weighted by molar-refractivity contribution is 5.84. The summed E-state index contributed by atoms with van der Waals surface area (Å²) in [5.41, 5.74) is 2.21. The zero-order chi connectivity index (χ0) is 23.0. The van der Waals surface area contributed by atoms with Crippen molar-refractivity contribution in [3.8, 4) is 0 Å². The van der Waals surface area contributed by atoms with E-state index < -0.39 is 0 Å². The second-order valence-corrected chi connectivity index (χ2v) is 11.1. The van der Waals surface area contributed by atoms with Gasteiger partial charge in [0.1, 0.15) is 5.82 Å². The van der Waals surface area contributed by atoms with E-state index in [0.717, 1.165) is 65.7 Å². The maximum atomic E-state index is 15.2. The summed E-state index contributed by atoms with van der Waals surface area (Å²) in [6.45, 7) is 4.39. The van der Waals surface area contributed by atoms with Gasteiger partial charge in [0.05, 0.1) is 0 Å². The summed E-state index contributed by atoms with van der Waals surface area (Å²) in [5, 5.41) is 1.84. The fourth-order valence-electron chi connectivity index (χ4n) is 6.82. The summed E-state index contributed by atoms with van der Waals surface area (Å²) in [6.07, 6.45) is 22.7. The van der Waals surface area contributed by atoms with Crippen molar-refractivity contribution in [2.45, 2.75) is 104 Å². The highest BCUT2D eigenvalue weighted by Gasteiger charge is 2.30. The third-order valence-corrected chi connectivity index (χ3v) is 8.90. The van der Waals surface area contributed by atoms with E-state index >= 15 is 4.39 Å². The molecule has 0 saturated heterocycles. The lowest BCUT2D eigenvalue weighted by Crippen LogP contribution is -2.26. The zero-order valence-electron chi connectivity index (χ0n) is 21.1. The van der Waals surface area contributed by atoms with Crippen LogP contribution in [0, 0.1) is 29.5 Å². The van der Waals surface area contributed by atoms with Gasteiger partial charge in [-0.05, 0) is 98.5 Å². The predicted molar refractivity (Wildman–Crippen MR) is 141 cm³/mol. The molecule has 0 aliphatic heterocycles. The Bertz CT molecular complexity index is 894. The van der Waals surface area contributed by atoms with E-state index in [1.54, 1.807) is 0 Å². The van der Waals surface area contributed by atoms with Gasteiger partial charge in [-0.25, -0.2) is 4.39 Å². The Hall–Kier alpha value is -1.63. The molecule has 2 saturated carbocycles. The predicted octanol–water partition coefficient (Wildman–Crippen LogP) is 9.83. The highest BCUT2D eigenvalue weighted by Crippen LogP contribution is 2.43. The van der Waals surface area contributed by atoms with Gasteiger partial charge in [-0.2, -0.15) is 0 Å². The van der Waals surface area contributed by atoms with E-state index in [4.69, 9.17) is 0 Å². The minimum Gasteiger partial charge on any atom is -0.206 e. The van der Waals surface area contributed by atoms with Crippen LogP contribution in [-0.2, 0) is 12.8 Å². The van der Waals surface area contributed by atoms with Crippen molar-refractivity contribution in [3.05, 3.63) is 59.4 Å². The Morgan fingerprint density at radius 1 is 0.818 bits per heavy atom. The molecule has 2 aromatic carbocycles. The quantitative estimate of drug-likeness (QED) is 0.335. The molecule has 2 aliphatic carbocycles. The van der Waals surface area contributed by atoms with Crippen LogP contribution in [0.3, 0.4) is 0 Å². The number of fused-ring (bicyclic) bond motifs is 1. The molecule has 0 atom stereocenters. The number of allylic oxidation sites excluding steroid dienone is 2. The molecule has 0 radical (unpaired) electrons. The first kappa shape index (κ1) is 24.5. The number of benzene rings is 2. The first-order chi connectivity index (χ1) is 16.2. The molecule has 0 amide bonds. The van der Waals surface area contributed by atoms with E-state index in [9.17, 15) is 0 Å². The Morgan fingerprint density at radius 2 is 1.48 bits per heavy atom. The molecule has 4 rings (SSSR count). The Labute approximate surface area is 202 Å². The average Bonchev–Trinajstić information content (AvgIpc) is 2.85. The van der Waals surface area contributed by atoms with Crippen molar-refractivity contribution < 1.29 is 4.39 Å². The van der Waals surface area contributed by atoms with Gasteiger partial charge in [0.25, 0.3) is 0 Å². The van der Waals surface area contributed by atoms with Crippen LogP contribution in [0.25, 0.3) is 10.8 Å². The normalized spacial score (nSPS) is 26.3. The van der Waals surface area contributed by atoms with Crippen molar-refractivity contribution in [2.75, 3.05) is 0 Å². The van der Waals surface area contributed by atoms with E-state index in [2.05, 4.69) is 44.2 Å². The van der Waals surface area contributed by atoms with Crippen LogP contribution in [0.15, 0.2) is 42.5 Å². The molecule has 2 fully saturated rings. The lowest BCUT2D eigenvalue weighted by Gasteiger charge is -2.38. The number of rotatable bonds is 9. The molecule has 0 unspecified atom stereocenters. The van der Waals surface area contributed by atoms with Gasteiger partial charge >= 0.3 is 0 Å². The lowest BCUT2D eigenvalue weighted by molar-refractivity contribution is 0.141. The van der Waals surface area contributed by atoms with Crippen LogP contribution in [0.5, 0.6) is 0 Å². The molecule has 180 valence electrons. The van der Waals surface area contributed by atoms with Crippen LogP contribution >= 0.6 is 0 Å². The molecule has 2 aromatic rings. The van der Waals surface area contributed by atoms with Gasteiger partial charge in [0, 0.05) is 5.39 Å². The second kappa shape index (κ2) is 12.2. The molecule has 0 heterocycles. The fraction of sp³-hybridized carbons (Fsp3) is 0.625. The smallest absolute Gasteiger partial charge is 0.134 e. The van der Waals surface area contributed by atoms with Crippen molar-refractivity contribution in [1.82, 2.24) is 0 Å². The van der Waals surface area contributed by atoms with Crippen LogP contribution in [0.2, 0.25) is 0 Å². The van der Waals surface area contributed by atoms with Crippen LogP contribution in [-0.4, -0.2) is 0 Å². The third-order valence-electron chi connectivity index (χ3n) is 8.90. The summed E-state index contributed by atoms with van der Waals surface area (Å²) in [5.74, 6) is 3.80. The summed E-state index contributed by atoms with van der Waals surface area (Å²) in [7, 11) is 0. The first-order valence-electron chi connectivity index (χ1n) is 14.0. The number of halogens is 1. The van der Waals surface area contributed by atoms with Gasteiger partial charge < -0.3 is 0 Å².